The maximum atomic E-state index is 12.9. The number of hydrogen-bond acceptors (Lipinski definition) is 5. The summed E-state index contributed by atoms with van der Waals surface area (Å²) in [5.74, 6) is -0.790. The molecule has 3 atom stereocenters. The maximum Gasteiger partial charge on any atom is 0.255 e. The summed E-state index contributed by atoms with van der Waals surface area (Å²) in [5, 5.41) is 2.79. The number of nitrogens with zero attached hydrogens (tertiary/aromatic N) is 3. The van der Waals surface area contributed by atoms with Gasteiger partial charge in [-0.3, -0.25) is 14.4 Å². The van der Waals surface area contributed by atoms with E-state index in [0.29, 0.717) is 19.5 Å². The Morgan fingerprint density at radius 1 is 0.939 bits per heavy atom. The molecule has 2 aliphatic heterocycles. The molecule has 0 bridgehead atoms. The van der Waals surface area contributed by atoms with Gasteiger partial charge in [-0.2, -0.15) is 0 Å². The molecule has 2 heterocycles. The minimum Gasteiger partial charge on any atom is -0.368 e. The summed E-state index contributed by atoms with van der Waals surface area (Å²) in [7, 11) is 3.31. The molecule has 2 aromatic rings. The number of carbonyl (C=O) groups excluding carboxylic acids is 3. The van der Waals surface area contributed by atoms with Crippen molar-refractivity contribution in [1.29, 1.82) is 0 Å². The van der Waals surface area contributed by atoms with Crippen LogP contribution in [0.5, 0.6) is 0 Å². The van der Waals surface area contributed by atoms with Crippen molar-refractivity contribution in [2.45, 2.75) is 24.7 Å². The van der Waals surface area contributed by atoms with E-state index >= 15 is 0 Å². The Balaban J connectivity index is 1.30. The fourth-order valence-corrected chi connectivity index (χ4v) is 4.12. The lowest BCUT2D eigenvalue weighted by Gasteiger charge is -2.36. The molecule has 1 N–H and O–H groups in total. The lowest BCUT2D eigenvalue weighted by molar-refractivity contribution is -0.134. The minimum absolute atomic E-state index is 0.165. The van der Waals surface area contributed by atoms with Gasteiger partial charge in [0.1, 0.15) is 6.04 Å². The summed E-state index contributed by atoms with van der Waals surface area (Å²) in [6.45, 7) is 2.63. The summed E-state index contributed by atoms with van der Waals surface area (Å²) in [6.07, 6.45) is -1.26. The second-order valence-corrected chi connectivity index (χ2v) is 8.61. The molecule has 174 valence electrons. The normalized spacial score (nSPS) is 20.7. The second-order valence-electron chi connectivity index (χ2n) is 8.61. The first-order valence-electron chi connectivity index (χ1n) is 11.2. The highest BCUT2D eigenvalue weighted by atomic mass is 16.6. The Morgan fingerprint density at radius 2 is 1.55 bits per heavy atom. The van der Waals surface area contributed by atoms with E-state index in [-0.39, 0.29) is 11.8 Å². The molecular weight excluding hydrogens is 420 g/mol. The topological polar surface area (TPSA) is 85.5 Å². The Labute approximate surface area is 194 Å². The molecule has 0 aliphatic carbocycles. The van der Waals surface area contributed by atoms with Crippen LogP contribution in [0.2, 0.25) is 0 Å². The van der Waals surface area contributed by atoms with Crippen LogP contribution in [0.1, 0.15) is 5.56 Å². The smallest absolute Gasteiger partial charge is 0.255 e. The highest BCUT2D eigenvalue weighted by Gasteiger charge is 2.52. The average molecular weight is 451 g/mol. The number of anilines is 1. The van der Waals surface area contributed by atoms with Crippen molar-refractivity contribution in [3.63, 3.8) is 0 Å². The summed E-state index contributed by atoms with van der Waals surface area (Å²) < 4.78 is 5.45. The molecule has 8 nitrogen and oxygen atoms in total. The molecule has 2 aliphatic rings. The van der Waals surface area contributed by atoms with Gasteiger partial charge in [0.05, 0.1) is 0 Å². The lowest BCUT2D eigenvalue weighted by Crippen LogP contribution is -2.51. The number of benzene rings is 2. The molecule has 2 fully saturated rings. The predicted octanol–water partition coefficient (Wildman–Crippen LogP) is 0.918. The van der Waals surface area contributed by atoms with E-state index in [1.54, 1.807) is 19.0 Å². The van der Waals surface area contributed by atoms with Crippen LogP contribution in [-0.2, 0) is 25.5 Å². The monoisotopic (exact) mass is 450 g/mol. The van der Waals surface area contributed by atoms with Crippen molar-refractivity contribution in [3.05, 3.63) is 66.2 Å². The van der Waals surface area contributed by atoms with Crippen LogP contribution in [0.4, 0.5) is 5.69 Å². The Hall–Kier alpha value is -3.39. The van der Waals surface area contributed by atoms with E-state index < -0.39 is 24.2 Å². The number of rotatable bonds is 7. The number of amides is 3. The number of nitrogens with one attached hydrogen (secondary N) is 1. The van der Waals surface area contributed by atoms with Crippen LogP contribution in [0.25, 0.3) is 0 Å². The van der Waals surface area contributed by atoms with Gasteiger partial charge in [-0.15, -0.1) is 0 Å². The number of ether oxygens (including phenoxy) is 1. The number of likely N-dealkylation sites (N-methyl/N-ethyl adjacent to an activating group) is 1. The number of epoxide rings is 1. The first-order valence-corrected chi connectivity index (χ1v) is 11.2. The van der Waals surface area contributed by atoms with E-state index in [9.17, 15) is 14.4 Å². The molecule has 0 spiro atoms. The van der Waals surface area contributed by atoms with Crippen molar-refractivity contribution in [1.82, 2.24) is 15.1 Å². The third-order valence-electron chi connectivity index (χ3n) is 6.04. The lowest BCUT2D eigenvalue weighted by atomic mass is 10.0. The van der Waals surface area contributed by atoms with E-state index in [1.165, 1.54) is 4.90 Å². The van der Waals surface area contributed by atoms with Crippen molar-refractivity contribution in [3.8, 4) is 0 Å². The van der Waals surface area contributed by atoms with Gasteiger partial charge in [-0.1, -0.05) is 48.5 Å². The van der Waals surface area contributed by atoms with Gasteiger partial charge in [0, 0.05) is 52.4 Å². The summed E-state index contributed by atoms with van der Waals surface area (Å²) in [5.41, 5.74) is 2.08. The maximum absolute atomic E-state index is 12.9. The average Bonchev–Trinajstić information content (AvgIpc) is 3.65. The molecule has 2 saturated heterocycles. The molecule has 0 saturated carbocycles. The third kappa shape index (κ3) is 5.51. The van der Waals surface area contributed by atoms with E-state index in [1.807, 2.05) is 48.5 Å². The van der Waals surface area contributed by atoms with Crippen LogP contribution in [-0.4, -0.2) is 86.0 Å². The number of piperazine rings is 1. The highest BCUT2D eigenvalue weighted by molar-refractivity contribution is 5.97. The molecule has 4 rings (SSSR count). The summed E-state index contributed by atoms with van der Waals surface area (Å²) >= 11 is 0. The molecule has 33 heavy (non-hydrogen) atoms. The quantitative estimate of drug-likeness (QED) is 0.634. The molecule has 0 aromatic heterocycles. The van der Waals surface area contributed by atoms with Crippen LogP contribution in [0.3, 0.4) is 0 Å². The fourth-order valence-electron chi connectivity index (χ4n) is 4.12. The molecule has 0 unspecified atom stereocenters. The molecular formula is C25H30N4O4. The summed E-state index contributed by atoms with van der Waals surface area (Å²) in [4.78, 5) is 43.7. The van der Waals surface area contributed by atoms with E-state index in [0.717, 1.165) is 24.3 Å². The van der Waals surface area contributed by atoms with Gasteiger partial charge in [-0.05, 0) is 17.7 Å². The molecule has 0 radical (unpaired) electrons. The van der Waals surface area contributed by atoms with Gasteiger partial charge in [0.25, 0.3) is 11.8 Å². The molecule has 2 aromatic carbocycles. The molecule has 8 heteroatoms. The Morgan fingerprint density at radius 3 is 2.15 bits per heavy atom. The Kier molecular flexibility index (Phi) is 6.93. The number of hydrogen-bond donors (Lipinski definition) is 1. The van der Waals surface area contributed by atoms with Crippen molar-refractivity contribution < 1.29 is 19.1 Å². The summed E-state index contributed by atoms with van der Waals surface area (Å²) in [6, 6.07) is 18.9. The number of para-hydroxylation sites is 1. The zero-order chi connectivity index (χ0) is 23.4. The largest absolute Gasteiger partial charge is 0.368 e. The SMILES string of the molecule is CN(C)C(=O)[C@H](Cc1ccccc1)NC(=O)[C@H]1O[C@@H]1C(=O)N1CCN(c2ccccc2)CC1. The molecule has 3 amide bonds. The number of carbonyl (C=O) groups is 3. The first kappa shape index (κ1) is 22.8. The zero-order valence-electron chi connectivity index (χ0n) is 19.0. The Bertz CT molecular complexity index is 974. The van der Waals surface area contributed by atoms with Crippen molar-refractivity contribution in [2.24, 2.45) is 0 Å². The van der Waals surface area contributed by atoms with Gasteiger partial charge >= 0.3 is 0 Å². The van der Waals surface area contributed by atoms with E-state index in [2.05, 4.69) is 22.3 Å². The van der Waals surface area contributed by atoms with Crippen LogP contribution >= 0.6 is 0 Å². The van der Waals surface area contributed by atoms with Crippen molar-refractivity contribution in [2.75, 3.05) is 45.2 Å². The van der Waals surface area contributed by atoms with Crippen LogP contribution in [0, 0.1) is 0 Å². The first-order chi connectivity index (χ1) is 15.9. The third-order valence-corrected chi connectivity index (χ3v) is 6.04. The van der Waals surface area contributed by atoms with Crippen LogP contribution < -0.4 is 10.2 Å². The zero-order valence-corrected chi connectivity index (χ0v) is 19.0. The fraction of sp³-hybridized carbons (Fsp3) is 0.400. The van der Waals surface area contributed by atoms with E-state index in [4.69, 9.17) is 4.74 Å². The standard InChI is InChI=1S/C25H30N4O4/c1-27(2)24(31)20(17-18-9-5-3-6-10-18)26-23(30)21-22(33-21)25(32)29-15-13-28(14-16-29)19-11-7-4-8-12-19/h3-12,20-22H,13-17H2,1-2H3,(H,26,30)/t20-,21-,22-/m0/s1. The minimum atomic E-state index is -0.849. The van der Waals surface area contributed by atoms with Crippen LogP contribution in [0.15, 0.2) is 60.7 Å². The van der Waals surface area contributed by atoms with Gasteiger partial charge in [0.2, 0.25) is 5.91 Å². The van der Waals surface area contributed by atoms with Gasteiger partial charge in [-0.25, -0.2) is 0 Å². The van der Waals surface area contributed by atoms with Gasteiger partial charge in [0.15, 0.2) is 12.2 Å². The second kappa shape index (κ2) is 10.0. The van der Waals surface area contributed by atoms with Gasteiger partial charge < -0.3 is 24.8 Å². The highest BCUT2D eigenvalue weighted by Crippen LogP contribution is 2.26. The predicted molar refractivity (Wildman–Crippen MR) is 125 cm³/mol. The van der Waals surface area contributed by atoms with Crippen molar-refractivity contribution >= 4 is 23.4 Å².